The van der Waals surface area contributed by atoms with Gasteiger partial charge in [0.1, 0.15) is 17.3 Å². The van der Waals surface area contributed by atoms with Gasteiger partial charge in [0.05, 0.1) is 36.4 Å². The molecule has 38 heavy (non-hydrogen) atoms. The van der Waals surface area contributed by atoms with Crippen LogP contribution in [0.25, 0.3) is 10.9 Å². The predicted molar refractivity (Wildman–Crippen MR) is 141 cm³/mol. The summed E-state index contributed by atoms with van der Waals surface area (Å²) in [6.07, 6.45) is 0.707. The van der Waals surface area contributed by atoms with Crippen molar-refractivity contribution in [3.05, 3.63) is 71.0 Å². The second-order valence-corrected chi connectivity index (χ2v) is 9.83. The zero-order chi connectivity index (χ0) is 26.8. The Labute approximate surface area is 217 Å². The molecule has 3 aromatic carbocycles. The number of hydrogen-bond acceptors (Lipinski definition) is 6. The number of anilines is 3. The minimum atomic E-state index is -0.667. The van der Waals surface area contributed by atoms with Gasteiger partial charge < -0.3 is 25.0 Å². The summed E-state index contributed by atoms with van der Waals surface area (Å²) in [7, 11) is 6.18. The summed E-state index contributed by atoms with van der Waals surface area (Å²) in [5.41, 5.74) is 3.24. The number of rotatable bonds is 6. The monoisotopic (exact) mass is 515 g/mol. The molecule has 0 bridgehead atoms. The molecule has 2 atom stereocenters. The van der Waals surface area contributed by atoms with Crippen LogP contribution in [0, 0.1) is 5.82 Å². The van der Waals surface area contributed by atoms with Crippen molar-refractivity contribution in [2.75, 3.05) is 38.9 Å². The molecule has 0 saturated heterocycles. The van der Waals surface area contributed by atoms with Gasteiger partial charge in [-0.05, 0) is 53.9 Å². The number of carbonyl (C=O) groups is 2. The zero-order valence-electron chi connectivity index (χ0n) is 21.3. The van der Waals surface area contributed by atoms with Gasteiger partial charge in [0.2, 0.25) is 5.91 Å². The van der Waals surface area contributed by atoms with Gasteiger partial charge in [-0.15, -0.1) is 0 Å². The van der Waals surface area contributed by atoms with E-state index in [4.69, 9.17) is 9.47 Å². The summed E-state index contributed by atoms with van der Waals surface area (Å²) in [6, 6.07) is 14.2. The lowest BCUT2D eigenvalue weighted by Crippen LogP contribution is -2.23. The summed E-state index contributed by atoms with van der Waals surface area (Å²) < 4.78 is 25.6. The van der Waals surface area contributed by atoms with Gasteiger partial charge in [-0.2, -0.15) is 5.10 Å². The fourth-order valence-electron chi connectivity index (χ4n) is 5.40. The highest BCUT2D eigenvalue weighted by Crippen LogP contribution is 2.65. The minimum absolute atomic E-state index is 0.00290. The van der Waals surface area contributed by atoms with Crippen molar-refractivity contribution in [2.45, 2.75) is 17.8 Å². The first kappa shape index (κ1) is 23.8. The van der Waals surface area contributed by atoms with Crippen LogP contribution in [0.1, 0.15) is 33.8 Å². The lowest BCUT2D eigenvalue weighted by Gasteiger charge is -2.15. The molecule has 1 aromatic heterocycles. The van der Waals surface area contributed by atoms with E-state index in [1.54, 1.807) is 21.2 Å². The Hall–Kier alpha value is -4.60. The summed E-state index contributed by atoms with van der Waals surface area (Å²) in [5, 5.41) is 14.3. The first-order valence-electron chi connectivity index (χ1n) is 12.1. The second kappa shape index (κ2) is 8.47. The summed E-state index contributed by atoms with van der Waals surface area (Å²) >= 11 is 0. The van der Waals surface area contributed by atoms with Crippen molar-refractivity contribution in [3.8, 4) is 11.5 Å². The minimum Gasteiger partial charge on any atom is -0.497 e. The van der Waals surface area contributed by atoms with Crippen molar-refractivity contribution < 1.29 is 23.5 Å². The molecule has 4 aromatic rings. The van der Waals surface area contributed by atoms with Gasteiger partial charge in [-0.1, -0.05) is 6.07 Å². The average molecular weight is 516 g/mol. The number of hydrogen-bond donors (Lipinski definition) is 3. The number of carbonyl (C=O) groups excluding carboxylic acids is 2. The maximum atomic E-state index is 14.8. The summed E-state index contributed by atoms with van der Waals surface area (Å²) in [6.45, 7) is 0. The Balaban J connectivity index is 1.30. The lowest BCUT2D eigenvalue weighted by atomic mass is 9.91. The molecule has 0 unspecified atom stereocenters. The number of amides is 2. The molecule has 1 fully saturated rings. The van der Waals surface area contributed by atoms with Crippen LogP contribution in [-0.2, 0) is 10.2 Å². The molecule has 1 spiro atoms. The molecule has 1 saturated carbocycles. The fourth-order valence-corrected chi connectivity index (χ4v) is 5.40. The van der Waals surface area contributed by atoms with E-state index in [2.05, 4.69) is 20.8 Å². The van der Waals surface area contributed by atoms with Crippen LogP contribution < -0.4 is 20.1 Å². The molecule has 1 aliphatic heterocycles. The third-order valence-corrected chi connectivity index (χ3v) is 7.49. The van der Waals surface area contributed by atoms with Crippen LogP contribution in [-0.4, -0.2) is 55.2 Å². The van der Waals surface area contributed by atoms with Gasteiger partial charge in [0.25, 0.3) is 5.91 Å². The van der Waals surface area contributed by atoms with Crippen LogP contribution in [0.3, 0.4) is 0 Å². The lowest BCUT2D eigenvalue weighted by molar-refractivity contribution is -0.118. The summed E-state index contributed by atoms with van der Waals surface area (Å²) in [4.78, 5) is 26.6. The number of aromatic amines is 1. The molecule has 2 heterocycles. The van der Waals surface area contributed by atoms with E-state index in [9.17, 15) is 14.0 Å². The maximum absolute atomic E-state index is 14.8. The molecule has 3 N–H and O–H groups in total. The number of nitrogens with zero attached hydrogens (tertiary/aromatic N) is 2. The first-order valence-corrected chi connectivity index (χ1v) is 12.1. The smallest absolute Gasteiger partial charge is 0.256 e. The first-order chi connectivity index (χ1) is 18.3. The number of H-pyrrole nitrogens is 1. The molecule has 0 radical (unpaired) electrons. The van der Waals surface area contributed by atoms with Crippen LogP contribution in [0.15, 0.2) is 48.5 Å². The summed E-state index contributed by atoms with van der Waals surface area (Å²) in [5.74, 6) is 0.413. The Kier molecular flexibility index (Phi) is 5.30. The Morgan fingerprint density at radius 1 is 1.13 bits per heavy atom. The Bertz CT molecular complexity index is 1630. The molecule has 10 heteroatoms. The van der Waals surface area contributed by atoms with E-state index in [0.29, 0.717) is 23.7 Å². The van der Waals surface area contributed by atoms with Crippen LogP contribution in [0.4, 0.5) is 21.6 Å². The average Bonchev–Trinajstić information content (AvgIpc) is 3.46. The van der Waals surface area contributed by atoms with Crippen LogP contribution >= 0.6 is 0 Å². The molecule has 194 valence electrons. The topological polar surface area (TPSA) is 109 Å². The van der Waals surface area contributed by atoms with Crippen LogP contribution in [0.5, 0.6) is 11.5 Å². The van der Waals surface area contributed by atoms with E-state index in [0.717, 1.165) is 33.5 Å². The molecule has 2 aliphatic rings. The van der Waals surface area contributed by atoms with E-state index < -0.39 is 17.1 Å². The Morgan fingerprint density at radius 2 is 1.95 bits per heavy atom. The SMILES string of the molecule is COc1ccc2c(c1)[C@]1(C[C@H]1c1ccc3c(Nc4cc(F)c(C(=O)N(C)C)cc4OC)n[nH]c3c1)C(=O)N2. The third-order valence-electron chi connectivity index (χ3n) is 7.49. The highest BCUT2D eigenvalue weighted by molar-refractivity contribution is 6.10. The van der Waals surface area contributed by atoms with Gasteiger partial charge in [-0.25, -0.2) is 4.39 Å². The number of halogens is 1. The molecule has 1 aliphatic carbocycles. The van der Waals surface area contributed by atoms with E-state index in [-0.39, 0.29) is 17.4 Å². The second-order valence-electron chi connectivity index (χ2n) is 9.83. The number of ether oxygens (including phenoxy) is 2. The third kappa shape index (κ3) is 3.47. The van der Waals surface area contributed by atoms with E-state index >= 15 is 0 Å². The van der Waals surface area contributed by atoms with Crippen LogP contribution in [0.2, 0.25) is 0 Å². The van der Waals surface area contributed by atoms with Gasteiger partial charge in [0, 0.05) is 37.2 Å². The van der Waals surface area contributed by atoms with Crippen molar-refractivity contribution in [3.63, 3.8) is 0 Å². The van der Waals surface area contributed by atoms with Crippen molar-refractivity contribution in [2.24, 2.45) is 0 Å². The van der Waals surface area contributed by atoms with Crippen molar-refractivity contribution >= 4 is 39.9 Å². The number of fused-ring (bicyclic) bond motifs is 3. The molecule has 2 amide bonds. The molecular formula is C28H26FN5O4. The standard InChI is InChI=1S/C28H26FN5O4/c1-34(2)26(35)17-11-24(38-4)23(12-20(17)29)30-25-16-7-5-14(9-22(16)32-33-25)19-13-28(19)18-10-15(37-3)6-8-21(18)31-27(28)36/h5-12,19H,13H2,1-4H3,(H,31,36)(H2,30,32,33)/t19-,28-/m0/s1. The quantitative estimate of drug-likeness (QED) is 0.348. The number of aromatic nitrogens is 2. The number of nitrogens with one attached hydrogen (secondary N) is 3. The van der Waals surface area contributed by atoms with E-state index in [1.165, 1.54) is 24.1 Å². The van der Waals surface area contributed by atoms with Gasteiger partial charge in [0.15, 0.2) is 5.82 Å². The maximum Gasteiger partial charge on any atom is 0.256 e. The normalized spacial score (nSPS) is 19.3. The number of methoxy groups -OCH3 is 2. The highest BCUT2D eigenvalue weighted by atomic mass is 19.1. The van der Waals surface area contributed by atoms with Gasteiger partial charge in [-0.3, -0.25) is 14.7 Å². The van der Waals surface area contributed by atoms with E-state index in [1.807, 2.05) is 36.4 Å². The predicted octanol–water partition coefficient (Wildman–Crippen LogP) is 4.54. The molecule has 9 nitrogen and oxygen atoms in total. The largest absolute Gasteiger partial charge is 0.497 e. The molecular weight excluding hydrogens is 489 g/mol. The van der Waals surface area contributed by atoms with Gasteiger partial charge >= 0.3 is 0 Å². The Morgan fingerprint density at radius 3 is 2.68 bits per heavy atom. The zero-order valence-corrected chi connectivity index (χ0v) is 21.3. The fraction of sp³-hybridized carbons (Fsp3) is 0.250. The van der Waals surface area contributed by atoms with Crippen molar-refractivity contribution in [1.82, 2.24) is 15.1 Å². The van der Waals surface area contributed by atoms with Crippen molar-refractivity contribution in [1.29, 1.82) is 0 Å². The highest BCUT2D eigenvalue weighted by Gasteiger charge is 2.65. The number of benzene rings is 3. The molecule has 6 rings (SSSR count).